The number of pyridine rings is 1. The molecule has 148 valence electrons. The van der Waals surface area contributed by atoms with Gasteiger partial charge in [0.1, 0.15) is 5.75 Å². The highest BCUT2D eigenvalue weighted by atomic mass is 32.2. The normalized spacial score (nSPS) is 11.1. The van der Waals surface area contributed by atoms with Crippen LogP contribution in [0.1, 0.15) is 28.1 Å². The van der Waals surface area contributed by atoms with Gasteiger partial charge in [-0.3, -0.25) is 4.79 Å². The maximum Gasteiger partial charge on any atom is 0.277 e. The number of nitrogens with zero attached hydrogens (tertiary/aromatic N) is 2. The Kier molecular flexibility index (Phi) is 5.40. The second-order valence-electron chi connectivity index (χ2n) is 6.89. The van der Waals surface area contributed by atoms with Gasteiger partial charge in [-0.05, 0) is 49.1 Å². The molecule has 2 heterocycles. The van der Waals surface area contributed by atoms with Gasteiger partial charge in [-0.15, -0.1) is 10.2 Å². The number of aromatic amines is 1. The SMILES string of the molecule is Cc1ccccc1OCc1nnc(SCc2cc(=O)[nH]c3c(C)c(C)ccc23)o1. The number of para-hydroxylation sites is 1. The van der Waals surface area contributed by atoms with Gasteiger partial charge >= 0.3 is 0 Å². The summed E-state index contributed by atoms with van der Waals surface area (Å²) in [5, 5.41) is 9.61. The predicted molar refractivity (Wildman–Crippen MR) is 113 cm³/mol. The summed E-state index contributed by atoms with van der Waals surface area (Å²) in [7, 11) is 0. The van der Waals surface area contributed by atoms with Crippen LogP contribution in [0.15, 0.2) is 56.9 Å². The largest absolute Gasteiger partial charge is 0.484 e. The van der Waals surface area contributed by atoms with Crippen molar-refractivity contribution >= 4 is 22.7 Å². The molecule has 0 bridgehead atoms. The lowest BCUT2D eigenvalue weighted by atomic mass is 10.0. The highest BCUT2D eigenvalue weighted by molar-refractivity contribution is 7.98. The zero-order valence-electron chi connectivity index (χ0n) is 16.5. The molecule has 7 heteroatoms. The minimum Gasteiger partial charge on any atom is -0.484 e. The third kappa shape index (κ3) is 4.19. The third-order valence-electron chi connectivity index (χ3n) is 4.88. The van der Waals surface area contributed by atoms with Gasteiger partial charge in [-0.25, -0.2) is 0 Å². The van der Waals surface area contributed by atoms with Crippen LogP contribution in [0.4, 0.5) is 0 Å². The Morgan fingerprint density at radius 2 is 1.90 bits per heavy atom. The van der Waals surface area contributed by atoms with E-state index < -0.39 is 0 Å². The monoisotopic (exact) mass is 407 g/mol. The summed E-state index contributed by atoms with van der Waals surface area (Å²) in [6.07, 6.45) is 0. The molecule has 0 radical (unpaired) electrons. The topological polar surface area (TPSA) is 81.0 Å². The fourth-order valence-corrected chi connectivity index (χ4v) is 3.88. The molecule has 2 aromatic carbocycles. The second kappa shape index (κ2) is 8.13. The smallest absolute Gasteiger partial charge is 0.277 e. The summed E-state index contributed by atoms with van der Waals surface area (Å²) in [6.45, 7) is 6.25. The Morgan fingerprint density at radius 1 is 1.07 bits per heavy atom. The molecule has 4 aromatic rings. The zero-order valence-corrected chi connectivity index (χ0v) is 17.3. The molecule has 0 saturated carbocycles. The van der Waals surface area contributed by atoms with E-state index in [1.165, 1.54) is 11.8 Å². The maximum absolute atomic E-state index is 12.1. The van der Waals surface area contributed by atoms with Crippen LogP contribution in [0.3, 0.4) is 0 Å². The number of thioether (sulfide) groups is 1. The van der Waals surface area contributed by atoms with Crippen LogP contribution in [-0.2, 0) is 12.4 Å². The van der Waals surface area contributed by atoms with Crippen LogP contribution in [-0.4, -0.2) is 15.2 Å². The summed E-state index contributed by atoms with van der Waals surface area (Å²) >= 11 is 1.40. The van der Waals surface area contributed by atoms with E-state index in [0.717, 1.165) is 38.9 Å². The van der Waals surface area contributed by atoms with Crippen LogP contribution in [0.5, 0.6) is 5.75 Å². The first kappa shape index (κ1) is 19.3. The van der Waals surface area contributed by atoms with Crippen molar-refractivity contribution < 1.29 is 9.15 Å². The van der Waals surface area contributed by atoms with E-state index in [1.807, 2.05) is 51.1 Å². The Bertz CT molecular complexity index is 1230. The Balaban J connectivity index is 1.47. The fourth-order valence-electron chi connectivity index (χ4n) is 3.11. The van der Waals surface area contributed by atoms with Crippen molar-refractivity contribution in [3.63, 3.8) is 0 Å². The fraction of sp³-hybridized carbons (Fsp3) is 0.227. The van der Waals surface area contributed by atoms with E-state index in [1.54, 1.807) is 6.07 Å². The lowest BCUT2D eigenvalue weighted by Crippen LogP contribution is -2.07. The molecule has 0 aliphatic rings. The van der Waals surface area contributed by atoms with Gasteiger partial charge < -0.3 is 14.1 Å². The molecule has 0 aliphatic carbocycles. The number of aryl methyl sites for hydroxylation is 3. The van der Waals surface area contributed by atoms with E-state index in [-0.39, 0.29) is 12.2 Å². The van der Waals surface area contributed by atoms with Gasteiger partial charge in [-0.2, -0.15) is 0 Å². The Morgan fingerprint density at radius 3 is 2.72 bits per heavy atom. The number of rotatable bonds is 6. The highest BCUT2D eigenvalue weighted by Crippen LogP contribution is 2.27. The summed E-state index contributed by atoms with van der Waals surface area (Å²) in [6, 6.07) is 13.5. The van der Waals surface area contributed by atoms with Crippen LogP contribution in [0.2, 0.25) is 0 Å². The van der Waals surface area contributed by atoms with Gasteiger partial charge in [0, 0.05) is 17.2 Å². The van der Waals surface area contributed by atoms with E-state index in [0.29, 0.717) is 16.9 Å². The zero-order chi connectivity index (χ0) is 20.4. The lowest BCUT2D eigenvalue weighted by Gasteiger charge is -2.09. The number of fused-ring (bicyclic) bond motifs is 1. The number of nitrogens with one attached hydrogen (secondary N) is 1. The minimum atomic E-state index is -0.111. The standard InChI is InChI=1S/C22H21N3O3S/c1-13-8-9-17-16(10-19(26)23-21(17)15(13)3)12-29-22-25-24-20(28-22)11-27-18-7-5-4-6-14(18)2/h4-10H,11-12H2,1-3H3,(H,23,26). The number of H-pyrrole nitrogens is 1. The summed E-state index contributed by atoms with van der Waals surface area (Å²) in [4.78, 5) is 15.0. The number of hydrogen-bond donors (Lipinski definition) is 1. The molecule has 0 atom stereocenters. The molecule has 0 fully saturated rings. The first-order valence-corrected chi connectivity index (χ1v) is 10.3. The van der Waals surface area contributed by atoms with E-state index in [2.05, 4.69) is 21.2 Å². The molecule has 29 heavy (non-hydrogen) atoms. The molecular formula is C22H21N3O3S. The van der Waals surface area contributed by atoms with E-state index >= 15 is 0 Å². The third-order valence-corrected chi connectivity index (χ3v) is 5.75. The van der Waals surface area contributed by atoms with Gasteiger partial charge in [0.2, 0.25) is 5.56 Å². The minimum absolute atomic E-state index is 0.111. The van der Waals surface area contributed by atoms with Crippen molar-refractivity contribution in [3.05, 3.63) is 81.0 Å². The maximum atomic E-state index is 12.1. The molecule has 0 saturated heterocycles. The predicted octanol–water partition coefficient (Wildman–Crippen LogP) is 4.71. The van der Waals surface area contributed by atoms with Gasteiger partial charge in [0.15, 0.2) is 6.61 Å². The van der Waals surface area contributed by atoms with Crippen molar-refractivity contribution in [1.29, 1.82) is 0 Å². The first-order valence-electron chi connectivity index (χ1n) is 9.27. The molecule has 0 aliphatic heterocycles. The molecule has 0 spiro atoms. The van der Waals surface area contributed by atoms with Crippen LogP contribution >= 0.6 is 11.8 Å². The van der Waals surface area contributed by atoms with Gasteiger partial charge in [0.25, 0.3) is 11.1 Å². The summed E-state index contributed by atoms with van der Waals surface area (Å²) in [5.41, 5.74) is 4.99. The average molecular weight is 407 g/mol. The number of ether oxygens (including phenoxy) is 1. The quantitative estimate of drug-likeness (QED) is 0.466. The van der Waals surface area contributed by atoms with Crippen molar-refractivity contribution in [2.75, 3.05) is 0 Å². The Labute approximate surface area is 172 Å². The Hall–Kier alpha value is -3.06. The van der Waals surface area contributed by atoms with E-state index in [9.17, 15) is 4.79 Å². The molecule has 6 nitrogen and oxygen atoms in total. The summed E-state index contributed by atoms with van der Waals surface area (Å²) in [5.74, 6) is 1.77. The molecule has 0 amide bonds. The van der Waals surface area contributed by atoms with Crippen LogP contribution < -0.4 is 10.3 Å². The van der Waals surface area contributed by atoms with Gasteiger partial charge in [0.05, 0.1) is 5.52 Å². The molecule has 1 N–H and O–H groups in total. The molecule has 2 aromatic heterocycles. The van der Waals surface area contributed by atoms with Crippen LogP contribution in [0, 0.1) is 20.8 Å². The number of aromatic nitrogens is 3. The second-order valence-corrected chi connectivity index (χ2v) is 7.82. The first-order chi connectivity index (χ1) is 14.0. The van der Waals surface area contributed by atoms with E-state index in [4.69, 9.17) is 9.15 Å². The molecular weight excluding hydrogens is 386 g/mol. The average Bonchev–Trinajstić information content (AvgIpc) is 3.16. The van der Waals surface area contributed by atoms with Crippen molar-refractivity contribution in [3.8, 4) is 5.75 Å². The van der Waals surface area contributed by atoms with Crippen molar-refractivity contribution in [2.24, 2.45) is 0 Å². The lowest BCUT2D eigenvalue weighted by molar-refractivity contribution is 0.251. The van der Waals surface area contributed by atoms with Gasteiger partial charge in [-0.1, -0.05) is 42.1 Å². The number of benzene rings is 2. The summed E-state index contributed by atoms with van der Waals surface area (Å²) < 4.78 is 11.4. The molecule has 0 unspecified atom stereocenters. The highest BCUT2D eigenvalue weighted by Gasteiger charge is 2.12. The van der Waals surface area contributed by atoms with Crippen molar-refractivity contribution in [1.82, 2.24) is 15.2 Å². The number of hydrogen-bond acceptors (Lipinski definition) is 6. The van der Waals surface area contributed by atoms with Crippen LogP contribution in [0.25, 0.3) is 10.9 Å². The van der Waals surface area contributed by atoms with Crippen molar-refractivity contribution in [2.45, 2.75) is 38.4 Å². The molecule has 4 rings (SSSR count).